The maximum absolute atomic E-state index is 13.2. The Morgan fingerprint density at radius 3 is 2.11 bits per heavy atom. The molecule has 28 heavy (non-hydrogen) atoms. The molecule has 0 spiro atoms. The highest BCUT2D eigenvalue weighted by Gasteiger charge is 2.51. The molecule has 5 nitrogen and oxygen atoms in total. The molecule has 1 aliphatic heterocycles. The summed E-state index contributed by atoms with van der Waals surface area (Å²) < 4.78 is 0. The van der Waals surface area contributed by atoms with Gasteiger partial charge in [-0.1, -0.05) is 0 Å². The second kappa shape index (κ2) is 7.16. The number of pyridine rings is 1. The molecule has 1 saturated heterocycles. The molecule has 2 amide bonds. The van der Waals surface area contributed by atoms with Gasteiger partial charge in [-0.25, -0.2) is 0 Å². The van der Waals surface area contributed by atoms with Crippen molar-refractivity contribution in [1.82, 2.24) is 14.8 Å². The van der Waals surface area contributed by atoms with Crippen LogP contribution in [0.1, 0.15) is 61.7 Å². The summed E-state index contributed by atoms with van der Waals surface area (Å²) in [5.74, 6) is 3.04. The lowest BCUT2D eigenvalue weighted by molar-refractivity contribution is -0.139. The number of amides is 2. The van der Waals surface area contributed by atoms with E-state index in [1.54, 1.807) is 24.5 Å². The van der Waals surface area contributed by atoms with Crippen LogP contribution in [0.4, 0.5) is 0 Å². The van der Waals surface area contributed by atoms with E-state index in [0.717, 1.165) is 43.7 Å². The minimum Gasteiger partial charge on any atom is -0.341 e. The third kappa shape index (κ3) is 3.44. The Hall–Kier alpha value is -1.91. The Morgan fingerprint density at radius 2 is 1.46 bits per heavy atom. The highest BCUT2D eigenvalue weighted by Crippen LogP contribution is 2.61. The summed E-state index contributed by atoms with van der Waals surface area (Å²) in [6, 6.07) is 3.53. The summed E-state index contributed by atoms with van der Waals surface area (Å²) in [7, 11) is 0. The molecule has 1 aromatic rings. The van der Waals surface area contributed by atoms with Gasteiger partial charge in [0, 0.05) is 50.6 Å². The van der Waals surface area contributed by atoms with Crippen LogP contribution < -0.4 is 0 Å². The monoisotopic (exact) mass is 381 g/mol. The molecule has 4 aliphatic carbocycles. The van der Waals surface area contributed by atoms with E-state index in [1.807, 2.05) is 9.80 Å². The lowest BCUT2D eigenvalue weighted by Crippen LogP contribution is -2.48. The van der Waals surface area contributed by atoms with Crippen molar-refractivity contribution < 1.29 is 9.59 Å². The van der Waals surface area contributed by atoms with E-state index >= 15 is 0 Å². The molecule has 5 aliphatic rings. The topological polar surface area (TPSA) is 53.5 Å². The standard InChI is InChI=1S/C23H31N3O2/c27-21(16-23-13-17-10-18(14-23)12-19(11-17)15-23)25-6-1-7-26(9-8-25)22(28)20-2-4-24-5-3-20/h2-5,17-19H,1,6-16H2. The van der Waals surface area contributed by atoms with Gasteiger partial charge in [0.25, 0.3) is 5.91 Å². The summed E-state index contributed by atoms with van der Waals surface area (Å²) in [5, 5.41) is 0. The molecule has 0 N–H and O–H groups in total. The van der Waals surface area contributed by atoms with Crippen molar-refractivity contribution in [2.75, 3.05) is 26.2 Å². The largest absolute Gasteiger partial charge is 0.341 e. The quantitative estimate of drug-likeness (QED) is 0.807. The van der Waals surface area contributed by atoms with E-state index in [1.165, 1.54) is 38.5 Å². The molecule has 150 valence electrons. The zero-order valence-corrected chi connectivity index (χ0v) is 16.7. The minimum absolute atomic E-state index is 0.0535. The summed E-state index contributed by atoms with van der Waals surface area (Å²) in [4.78, 5) is 33.8. The summed E-state index contributed by atoms with van der Waals surface area (Å²) in [6.45, 7) is 2.81. The van der Waals surface area contributed by atoms with Gasteiger partial charge in [-0.15, -0.1) is 0 Å². The number of nitrogens with zero attached hydrogens (tertiary/aromatic N) is 3. The van der Waals surface area contributed by atoms with E-state index in [4.69, 9.17) is 0 Å². The molecule has 0 unspecified atom stereocenters. The lowest BCUT2D eigenvalue weighted by Gasteiger charge is -2.57. The number of carbonyl (C=O) groups excluding carboxylic acids is 2. The normalized spacial score (nSPS) is 34.4. The number of hydrogen-bond acceptors (Lipinski definition) is 3. The Morgan fingerprint density at radius 1 is 0.893 bits per heavy atom. The third-order valence-electron chi connectivity index (χ3n) is 7.75. The van der Waals surface area contributed by atoms with Crippen LogP contribution in [0.5, 0.6) is 0 Å². The van der Waals surface area contributed by atoms with Crippen LogP contribution in [0.2, 0.25) is 0 Å². The SMILES string of the molecule is O=C(CC12CC3CC(CC(C3)C1)C2)N1CCCN(C(=O)c2ccncc2)CC1. The van der Waals surface area contributed by atoms with Crippen molar-refractivity contribution in [3.63, 3.8) is 0 Å². The van der Waals surface area contributed by atoms with Gasteiger partial charge in [0.1, 0.15) is 0 Å². The molecular formula is C23H31N3O2. The van der Waals surface area contributed by atoms with Gasteiger partial charge in [0.15, 0.2) is 0 Å². The first-order valence-corrected chi connectivity index (χ1v) is 11.1. The maximum atomic E-state index is 13.2. The Labute approximate surface area is 167 Å². The average molecular weight is 382 g/mol. The first-order chi connectivity index (χ1) is 13.6. The van der Waals surface area contributed by atoms with Gasteiger partial charge in [-0.05, 0) is 80.2 Å². The predicted molar refractivity (Wildman–Crippen MR) is 107 cm³/mol. The molecule has 2 heterocycles. The number of hydrogen-bond donors (Lipinski definition) is 0. The summed E-state index contributed by atoms with van der Waals surface area (Å²) >= 11 is 0. The fourth-order valence-electron chi connectivity index (χ4n) is 6.99. The van der Waals surface area contributed by atoms with Gasteiger partial charge in [0.05, 0.1) is 0 Å². The van der Waals surface area contributed by atoms with Crippen molar-refractivity contribution >= 4 is 11.8 Å². The molecule has 0 atom stereocenters. The molecule has 5 fully saturated rings. The predicted octanol–water partition coefficient (Wildman–Crippen LogP) is 3.36. The van der Waals surface area contributed by atoms with E-state index in [2.05, 4.69) is 4.98 Å². The Kier molecular flexibility index (Phi) is 4.64. The Bertz CT molecular complexity index is 712. The molecule has 0 aromatic carbocycles. The Balaban J connectivity index is 1.21. The maximum Gasteiger partial charge on any atom is 0.254 e. The van der Waals surface area contributed by atoms with Gasteiger partial charge in [-0.3, -0.25) is 14.6 Å². The summed E-state index contributed by atoms with van der Waals surface area (Å²) in [6.07, 6.45) is 13.0. The number of aromatic nitrogens is 1. The first-order valence-electron chi connectivity index (χ1n) is 11.1. The number of carbonyl (C=O) groups is 2. The zero-order chi connectivity index (χ0) is 19.1. The highest BCUT2D eigenvalue weighted by atomic mass is 16.2. The van der Waals surface area contributed by atoms with Crippen molar-refractivity contribution in [1.29, 1.82) is 0 Å². The van der Waals surface area contributed by atoms with E-state index in [-0.39, 0.29) is 5.91 Å². The van der Waals surface area contributed by atoms with Crippen LogP contribution in [0.15, 0.2) is 24.5 Å². The molecule has 6 rings (SSSR count). The molecule has 5 heteroatoms. The second-order valence-corrected chi connectivity index (χ2v) is 9.86. The van der Waals surface area contributed by atoms with Crippen molar-refractivity contribution in [2.24, 2.45) is 23.2 Å². The molecule has 0 radical (unpaired) electrons. The highest BCUT2D eigenvalue weighted by molar-refractivity contribution is 5.94. The average Bonchev–Trinajstić information content (AvgIpc) is 2.93. The van der Waals surface area contributed by atoms with Crippen molar-refractivity contribution in [3.05, 3.63) is 30.1 Å². The van der Waals surface area contributed by atoms with Crippen LogP contribution in [0, 0.1) is 23.2 Å². The van der Waals surface area contributed by atoms with Crippen LogP contribution in [0.3, 0.4) is 0 Å². The first kappa shape index (κ1) is 18.1. The lowest BCUT2D eigenvalue weighted by atomic mass is 9.49. The van der Waals surface area contributed by atoms with Gasteiger partial charge >= 0.3 is 0 Å². The zero-order valence-electron chi connectivity index (χ0n) is 16.7. The van der Waals surface area contributed by atoms with Crippen molar-refractivity contribution in [2.45, 2.75) is 51.4 Å². The van der Waals surface area contributed by atoms with Crippen LogP contribution >= 0.6 is 0 Å². The van der Waals surface area contributed by atoms with Gasteiger partial charge < -0.3 is 9.80 Å². The fourth-order valence-corrected chi connectivity index (χ4v) is 6.99. The molecule has 4 bridgehead atoms. The van der Waals surface area contributed by atoms with E-state index < -0.39 is 0 Å². The molecule has 4 saturated carbocycles. The van der Waals surface area contributed by atoms with Crippen LogP contribution in [-0.2, 0) is 4.79 Å². The smallest absolute Gasteiger partial charge is 0.254 e. The van der Waals surface area contributed by atoms with E-state index in [0.29, 0.717) is 30.0 Å². The van der Waals surface area contributed by atoms with Crippen molar-refractivity contribution in [3.8, 4) is 0 Å². The molecular weight excluding hydrogens is 350 g/mol. The fraction of sp³-hybridized carbons (Fsp3) is 0.696. The molecule has 1 aromatic heterocycles. The van der Waals surface area contributed by atoms with Gasteiger partial charge in [0.2, 0.25) is 5.91 Å². The second-order valence-electron chi connectivity index (χ2n) is 9.86. The van der Waals surface area contributed by atoms with Crippen LogP contribution in [0.25, 0.3) is 0 Å². The van der Waals surface area contributed by atoms with E-state index in [9.17, 15) is 9.59 Å². The third-order valence-corrected chi connectivity index (χ3v) is 7.75. The number of rotatable bonds is 3. The minimum atomic E-state index is 0.0535. The van der Waals surface area contributed by atoms with Gasteiger partial charge in [-0.2, -0.15) is 0 Å². The van der Waals surface area contributed by atoms with Crippen LogP contribution in [-0.4, -0.2) is 52.8 Å². The summed E-state index contributed by atoms with van der Waals surface area (Å²) in [5.41, 5.74) is 0.980.